The van der Waals surface area contributed by atoms with Crippen LogP contribution in [0.2, 0.25) is 0 Å². The van der Waals surface area contributed by atoms with Crippen LogP contribution in [-0.4, -0.2) is 44.0 Å². The molecule has 2 unspecified atom stereocenters. The van der Waals surface area contributed by atoms with E-state index in [0.717, 1.165) is 6.42 Å². The quantitative estimate of drug-likeness (QED) is 0.598. The van der Waals surface area contributed by atoms with Gasteiger partial charge in [-0.15, -0.1) is 0 Å². The lowest BCUT2D eigenvalue weighted by atomic mass is 10.2. The van der Waals surface area contributed by atoms with Crippen molar-refractivity contribution in [3.05, 3.63) is 0 Å². The molecule has 6 nitrogen and oxygen atoms in total. The molecule has 0 amide bonds. The van der Waals surface area contributed by atoms with Crippen LogP contribution in [0.25, 0.3) is 0 Å². The number of unbranched alkanes of at least 4 members (excludes halogenated alkanes) is 1. The van der Waals surface area contributed by atoms with Gasteiger partial charge in [0, 0.05) is 0 Å². The van der Waals surface area contributed by atoms with Crippen molar-refractivity contribution in [3.8, 4) is 0 Å². The zero-order chi connectivity index (χ0) is 11.5. The molecule has 2 N–H and O–H groups in total. The van der Waals surface area contributed by atoms with Gasteiger partial charge in [-0.1, -0.05) is 13.3 Å². The molecule has 0 aliphatic carbocycles. The molecule has 1 saturated heterocycles. The minimum Gasteiger partial charge on any atom is -0.462 e. The Morgan fingerprint density at radius 2 is 2.27 bits per heavy atom. The minimum atomic E-state index is -3.50. The highest BCUT2D eigenvalue weighted by atomic mass is 32.2. The summed E-state index contributed by atoms with van der Waals surface area (Å²) < 4.78 is 29.5. The summed E-state index contributed by atoms with van der Waals surface area (Å²) in [7, 11) is -3.50. The molecule has 0 radical (unpaired) electrons. The van der Waals surface area contributed by atoms with Gasteiger partial charge in [-0.05, 0) is 6.42 Å². The van der Waals surface area contributed by atoms with E-state index in [9.17, 15) is 18.3 Å². The number of rotatable bonds is 5. The monoisotopic (exact) mass is 237 g/mol. The summed E-state index contributed by atoms with van der Waals surface area (Å²) in [6.07, 6.45) is 0.181. The van der Waals surface area contributed by atoms with Crippen LogP contribution in [0.5, 0.6) is 0 Å². The summed E-state index contributed by atoms with van der Waals surface area (Å²) in [5.41, 5.74) is 0. The van der Waals surface area contributed by atoms with Gasteiger partial charge in [-0.2, -0.15) is 4.72 Å². The number of cyclic esters (lactones) is 1. The van der Waals surface area contributed by atoms with E-state index in [1.165, 1.54) is 0 Å². The Morgan fingerprint density at radius 1 is 1.60 bits per heavy atom. The Bertz CT molecular complexity index is 326. The van der Waals surface area contributed by atoms with E-state index in [1.54, 1.807) is 0 Å². The van der Waals surface area contributed by atoms with Gasteiger partial charge in [0.1, 0.15) is 18.8 Å². The predicted molar refractivity (Wildman–Crippen MR) is 52.6 cm³/mol. The summed E-state index contributed by atoms with van der Waals surface area (Å²) in [5, 5.41) is 9.28. The van der Waals surface area contributed by atoms with Crippen molar-refractivity contribution in [2.75, 3.05) is 12.4 Å². The number of carbonyl (C=O) groups is 1. The molecule has 0 aromatic heterocycles. The molecule has 1 fully saturated rings. The normalized spacial score (nSPS) is 26.7. The molecule has 1 heterocycles. The summed E-state index contributed by atoms with van der Waals surface area (Å²) >= 11 is 0. The number of aliphatic hydroxyl groups is 1. The van der Waals surface area contributed by atoms with Gasteiger partial charge < -0.3 is 9.84 Å². The zero-order valence-electron chi connectivity index (χ0n) is 8.47. The molecule has 0 aromatic carbocycles. The SMILES string of the molecule is CCCCS(=O)(=O)NC1C(=O)OCC1O. The average Bonchev–Trinajstić information content (AvgIpc) is 2.46. The fourth-order valence-electron chi connectivity index (χ4n) is 1.22. The zero-order valence-corrected chi connectivity index (χ0v) is 9.29. The first kappa shape index (κ1) is 12.4. The standard InChI is InChI=1S/C8H15NO5S/c1-2-3-4-15(12,13)9-7-6(10)5-14-8(7)11/h6-7,9-10H,2-5H2,1H3. The van der Waals surface area contributed by atoms with Gasteiger partial charge in [-0.3, -0.25) is 4.79 Å². The smallest absolute Gasteiger partial charge is 0.327 e. The van der Waals surface area contributed by atoms with Crippen molar-refractivity contribution < 1.29 is 23.1 Å². The van der Waals surface area contributed by atoms with Gasteiger partial charge in [0.25, 0.3) is 0 Å². The molecule has 0 spiro atoms. The maximum Gasteiger partial charge on any atom is 0.327 e. The van der Waals surface area contributed by atoms with E-state index < -0.39 is 28.1 Å². The maximum absolute atomic E-state index is 11.4. The number of sulfonamides is 1. The third kappa shape index (κ3) is 3.44. The highest BCUT2D eigenvalue weighted by molar-refractivity contribution is 7.89. The first-order chi connectivity index (χ1) is 6.96. The second kappa shape index (κ2) is 4.91. The van der Waals surface area contributed by atoms with E-state index in [-0.39, 0.29) is 12.4 Å². The van der Waals surface area contributed by atoms with Crippen molar-refractivity contribution in [2.45, 2.75) is 31.9 Å². The Hall–Kier alpha value is -0.660. The predicted octanol–water partition coefficient (Wildman–Crippen LogP) is -1.01. The fraction of sp³-hybridized carbons (Fsp3) is 0.875. The highest BCUT2D eigenvalue weighted by Gasteiger charge is 2.38. The van der Waals surface area contributed by atoms with Crippen molar-refractivity contribution in [1.29, 1.82) is 0 Å². The lowest BCUT2D eigenvalue weighted by Gasteiger charge is -2.12. The van der Waals surface area contributed by atoms with Crippen LogP contribution in [0.15, 0.2) is 0 Å². The number of nitrogens with one attached hydrogen (secondary N) is 1. The van der Waals surface area contributed by atoms with Gasteiger partial charge in [-0.25, -0.2) is 8.42 Å². The van der Waals surface area contributed by atoms with Crippen molar-refractivity contribution in [2.24, 2.45) is 0 Å². The number of carbonyl (C=O) groups excluding carboxylic acids is 1. The molecule has 7 heteroatoms. The third-order valence-corrected chi connectivity index (χ3v) is 3.55. The van der Waals surface area contributed by atoms with Gasteiger partial charge in [0.05, 0.1) is 5.75 Å². The van der Waals surface area contributed by atoms with Gasteiger partial charge >= 0.3 is 5.97 Å². The van der Waals surface area contributed by atoms with Gasteiger partial charge in [0.15, 0.2) is 0 Å². The van der Waals surface area contributed by atoms with Crippen LogP contribution in [-0.2, 0) is 19.6 Å². The van der Waals surface area contributed by atoms with Crippen molar-refractivity contribution >= 4 is 16.0 Å². The second-order valence-electron chi connectivity index (χ2n) is 3.47. The molecular weight excluding hydrogens is 222 g/mol. The van der Waals surface area contributed by atoms with E-state index in [4.69, 9.17) is 0 Å². The van der Waals surface area contributed by atoms with Crippen LogP contribution >= 0.6 is 0 Å². The number of esters is 1. The summed E-state index contributed by atoms with van der Waals surface area (Å²) in [5.74, 6) is -0.762. The second-order valence-corrected chi connectivity index (χ2v) is 5.34. The first-order valence-electron chi connectivity index (χ1n) is 4.81. The Morgan fingerprint density at radius 3 is 2.73 bits per heavy atom. The molecule has 1 aliphatic heterocycles. The largest absolute Gasteiger partial charge is 0.462 e. The van der Waals surface area contributed by atoms with Crippen LogP contribution in [0.1, 0.15) is 19.8 Å². The molecule has 0 saturated carbocycles. The lowest BCUT2D eigenvalue weighted by molar-refractivity contribution is -0.139. The third-order valence-electron chi connectivity index (χ3n) is 2.11. The highest BCUT2D eigenvalue weighted by Crippen LogP contribution is 2.09. The lowest BCUT2D eigenvalue weighted by Crippen LogP contribution is -2.45. The fourth-order valence-corrected chi connectivity index (χ4v) is 2.65. The van der Waals surface area contributed by atoms with Crippen molar-refractivity contribution in [3.63, 3.8) is 0 Å². The van der Waals surface area contributed by atoms with E-state index in [2.05, 4.69) is 9.46 Å². The molecule has 0 bridgehead atoms. The molecular formula is C8H15NO5S. The van der Waals surface area contributed by atoms with E-state index >= 15 is 0 Å². The number of ether oxygens (including phenoxy) is 1. The number of hydrogen-bond acceptors (Lipinski definition) is 5. The number of hydrogen-bond donors (Lipinski definition) is 2. The van der Waals surface area contributed by atoms with E-state index in [0.29, 0.717) is 6.42 Å². The van der Waals surface area contributed by atoms with Gasteiger partial charge in [0.2, 0.25) is 10.0 Å². The topological polar surface area (TPSA) is 92.7 Å². The van der Waals surface area contributed by atoms with Crippen molar-refractivity contribution in [1.82, 2.24) is 4.72 Å². The molecule has 1 rings (SSSR count). The minimum absolute atomic E-state index is 0.0417. The van der Waals surface area contributed by atoms with Crippen LogP contribution in [0.3, 0.4) is 0 Å². The Labute approximate surface area is 88.7 Å². The summed E-state index contributed by atoms with van der Waals surface area (Å²) in [6.45, 7) is 1.72. The Kier molecular flexibility index (Phi) is 4.06. The molecule has 88 valence electrons. The Balaban J connectivity index is 2.56. The maximum atomic E-state index is 11.4. The molecule has 2 atom stereocenters. The molecule has 0 aromatic rings. The van der Waals surface area contributed by atoms with E-state index in [1.807, 2.05) is 6.92 Å². The average molecular weight is 237 g/mol. The van der Waals surface area contributed by atoms with Crippen LogP contribution < -0.4 is 4.72 Å². The summed E-state index contributed by atoms with van der Waals surface area (Å²) in [4.78, 5) is 11.0. The van der Waals surface area contributed by atoms with Crippen LogP contribution in [0.4, 0.5) is 0 Å². The number of aliphatic hydroxyl groups excluding tert-OH is 1. The molecule has 15 heavy (non-hydrogen) atoms. The summed E-state index contributed by atoms with van der Waals surface area (Å²) in [6, 6.07) is -1.15. The molecule has 1 aliphatic rings. The van der Waals surface area contributed by atoms with Crippen LogP contribution in [0, 0.1) is 0 Å². The first-order valence-corrected chi connectivity index (χ1v) is 6.46.